The highest BCUT2D eigenvalue weighted by Gasteiger charge is 2.15. The number of hydrogen-bond acceptors (Lipinski definition) is 5. The fraction of sp³-hybridized carbons (Fsp3) is 0.667. The summed E-state index contributed by atoms with van der Waals surface area (Å²) in [7, 11) is 1.53. The first-order chi connectivity index (χ1) is 10.7. The Kier molecular flexibility index (Phi) is 10.5. The van der Waals surface area contributed by atoms with Crippen LogP contribution in [0.15, 0.2) is 10.6 Å². The van der Waals surface area contributed by atoms with Crippen molar-refractivity contribution in [1.82, 2.24) is 10.6 Å². The van der Waals surface area contributed by atoms with Crippen molar-refractivity contribution >= 4 is 33.7 Å². The summed E-state index contributed by atoms with van der Waals surface area (Å²) in [5.41, 5.74) is -0.510. The molecule has 0 rings (SSSR count). The number of halogens is 1. The maximum Gasteiger partial charge on any atom is 0.306 e. The van der Waals surface area contributed by atoms with Gasteiger partial charge in [-0.05, 0) is 43.1 Å². The van der Waals surface area contributed by atoms with E-state index in [9.17, 15) is 14.4 Å². The number of nitrogens with one attached hydrogen (secondary N) is 2. The number of methoxy groups -OCH3 is 1. The number of carbonyl (C=O) groups excluding carboxylic acids is 3. The average molecular weight is 393 g/mol. The van der Waals surface area contributed by atoms with Crippen molar-refractivity contribution in [3.63, 3.8) is 0 Å². The van der Waals surface area contributed by atoms with Gasteiger partial charge in [0.25, 0.3) is 5.91 Å². The van der Waals surface area contributed by atoms with Crippen LogP contribution >= 0.6 is 15.9 Å². The van der Waals surface area contributed by atoms with E-state index in [-0.39, 0.29) is 16.9 Å². The second kappa shape index (κ2) is 11.2. The van der Waals surface area contributed by atoms with E-state index in [4.69, 9.17) is 9.47 Å². The van der Waals surface area contributed by atoms with Crippen LogP contribution in [0, 0.1) is 0 Å². The Balaban J connectivity index is 3.99. The molecule has 8 heteroatoms. The first kappa shape index (κ1) is 21.6. The maximum atomic E-state index is 11.6. The van der Waals surface area contributed by atoms with Crippen molar-refractivity contribution in [2.75, 3.05) is 26.8 Å². The molecule has 132 valence electrons. The number of ether oxygens (including phenoxy) is 2. The van der Waals surface area contributed by atoms with Gasteiger partial charge in [-0.3, -0.25) is 14.4 Å². The minimum Gasteiger partial charge on any atom is -0.460 e. The van der Waals surface area contributed by atoms with Gasteiger partial charge in [0, 0.05) is 32.7 Å². The maximum absolute atomic E-state index is 11.6. The normalized spacial score (nSPS) is 11.8. The number of carbonyl (C=O) groups is 3. The summed E-state index contributed by atoms with van der Waals surface area (Å²) >= 11 is 3.03. The third kappa shape index (κ3) is 12.8. The van der Waals surface area contributed by atoms with Gasteiger partial charge < -0.3 is 20.1 Å². The van der Waals surface area contributed by atoms with Crippen LogP contribution in [0.5, 0.6) is 0 Å². The highest BCUT2D eigenvalue weighted by molar-refractivity contribution is 9.12. The van der Waals surface area contributed by atoms with Crippen molar-refractivity contribution in [3.05, 3.63) is 10.6 Å². The number of hydrogen-bond donors (Lipinski definition) is 2. The Morgan fingerprint density at radius 3 is 2.35 bits per heavy atom. The van der Waals surface area contributed by atoms with Crippen molar-refractivity contribution in [2.45, 2.75) is 39.2 Å². The van der Waals surface area contributed by atoms with Crippen LogP contribution < -0.4 is 10.6 Å². The van der Waals surface area contributed by atoms with E-state index >= 15 is 0 Å². The Morgan fingerprint density at radius 2 is 1.78 bits per heavy atom. The largest absolute Gasteiger partial charge is 0.460 e. The lowest BCUT2D eigenvalue weighted by Gasteiger charge is -2.19. The Labute approximate surface area is 145 Å². The molecule has 0 saturated carbocycles. The smallest absolute Gasteiger partial charge is 0.306 e. The summed E-state index contributed by atoms with van der Waals surface area (Å²) in [6.07, 6.45) is 1.84. The SMILES string of the molecule is COCCNC(=O)C(Br)=CC(=O)NCCCC(=O)OC(C)(C)C. The first-order valence-electron chi connectivity index (χ1n) is 7.29. The zero-order valence-corrected chi connectivity index (χ0v) is 15.6. The summed E-state index contributed by atoms with van der Waals surface area (Å²) < 4.78 is 10.1. The molecule has 0 fully saturated rings. The minimum atomic E-state index is -0.510. The topological polar surface area (TPSA) is 93.7 Å². The van der Waals surface area contributed by atoms with Gasteiger partial charge in [0.1, 0.15) is 5.60 Å². The standard InChI is InChI=1S/C15H25BrN2O5/c1-15(2,3)23-13(20)6-5-7-17-12(19)10-11(16)14(21)18-8-9-22-4/h10H,5-9H2,1-4H3,(H,17,19)(H,18,21). The lowest BCUT2D eigenvalue weighted by atomic mass is 10.2. The Bertz CT molecular complexity index is 444. The van der Waals surface area contributed by atoms with Crippen LogP contribution in [-0.2, 0) is 23.9 Å². The van der Waals surface area contributed by atoms with Crippen LogP contribution in [0.25, 0.3) is 0 Å². The van der Waals surface area contributed by atoms with E-state index in [0.29, 0.717) is 26.1 Å². The number of esters is 1. The van der Waals surface area contributed by atoms with Crippen molar-refractivity contribution < 1.29 is 23.9 Å². The summed E-state index contributed by atoms with van der Waals surface area (Å²) in [4.78, 5) is 34.7. The summed E-state index contributed by atoms with van der Waals surface area (Å²) in [5.74, 6) is -1.12. The van der Waals surface area contributed by atoms with Crippen molar-refractivity contribution in [1.29, 1.82) is 0 Å². The molecule has 7 nitrogen and oxygen atoms in total. The second-order valence-corrected chi connectivity index (χ2v) is 6.58. The van der Waals surface area contributed by atoms with Gasteiger partial charge >= 0.3 is 5.97 Å². The molecule has 0 aromatic rings. The zero-order valence-electron chi connectivity index (χ0n) is 14.0. The van der Waals surface area contributed by atoms with E-state index < -0.39 is 17.4 Å². The molecule has 0 aliphatic carbocycles. The highest BCUT2D eigenvalue weighted by Crippen LogP contribution is 2.09. The molecule has 2 N–H and O–H groups in total. The predicted molar refractivity (Wildman–Crippen MR) is 90.0 cm³/mol. The van der Waals surface area contributed by atoms with Crippen LogP contribution in [0.3, 0.4) is 0 Å². The van der Waals surface area contributed by atoms with Gasteiger partial charge in [-0.1, -0.05) is 0 Å². The fourth-order valence-corrected chi connectivity index (χ4v) is 1.77. The molecule has 0 radical (unpaired) electrons. The lowest BCUT2D eigenvalue weighted by Crippen LogP contribution is -2.29. The molecular formula is C15H25BrN2O5. The number of amides is 2. The highest BCUT2D eigenvalue weighted by atomic mass is 79.9. The Morgan fingerprint density at radius 1 is 1.13 bits per heavy atom. The monoisotopic (exact) mass is 392 g/mol. The average Bonchev–Trinajstić information content (AvgIpc) is 2.41. The van der Waals surface area contributed by atoms with Gasteiger partial charge in [-0.15, -0.1) is 0 Å². The van der Waals surface area contributed by atoms with Gasteiger partial charge in [0.15, 0.2) is 0 Å². The predicted octanol–water partition coefficient (Wildman–Crippen LogP) is 1.27. The molecule has 23 heavy (non-hydrogen) atoms. The van der Waals surface area contributed by atoms with Crippen molar-refractivity contribution in [3.8, 4) is 0 Å². The first-order valence-corrected chi connectivity index (χ1v) is 8.09. The molecule has 0 aliphatic rings. The second-order valence-electron chi connectivity index (χ2n) is 5.72. The van der Waals surface area contributed by atoms with Crippen LogP contribution in [0.4, 0.5) is 0 Å². The zero-order chi connectivity index (χ0) is 17.9. The third-order valence-electron chi connectivity index (χ3n) is 2.34. The summed E-state index contributed by atoms with van der Waals surface area (Å²) in [6.45, 7) is 6.46. The lowest BCUT2D eigenvalue weighted by molar-refractivity contribution is -0.155. The molecule has 0 unspecified atom stereocenters. The van der Waals surface area contributed by atoms with Crippen LogP contribution in [-0.4, -0.2) is 50.2 Å². The molecule has 0 saturated heterocycles. The van der Waals surface area contributed by atoms with Gasteiger partial charge in [0.2, 0.25) is 5.91 Å². The van der Waals surface area contributed by atoms with Gasteiger partial charge in [-0.25, -0.2) is 0 Å². The fourth-order valence-electron chi connectivity index (χ4n) is 1.42. The molecule has 0 spiro atoms. The molecule has 0 aromatic heterocycles. The summed E-state index contributed by atoms with van der Waals surface area (Å²) in [5, 5.41) is 5.17. The van der Waals surface area contributed by atoms with E-state index in [2.05, 4.69) is 26.6 Å². The van der Waals surface area contributed by atoms with Gasteiger partial charge in [0.05, 0.1) is 11.1 Å². The van der Waals surface area contributed by atoms with E-state index in [1.807, 2.05) is 0 Å². The molecule has 0 heterocycles. The molecule has 0 aliphatic heterocycles. The summed E-state index contributed by atoms with van der Waals surface area (Å²) in [6, 6.07) is 0. The van der Waals surface area contributed by atoms with Crippen LogP contribution in [0.1, 0.15) is 33.6 Å². The minimum absolute atomic E-state index is 0.123. The Hall–Kier alpha value is -1.41. The molecule has 2 amide bonds. The molecule has 0 atom stereocenters. The third-order valence-corrected chi connectivity index (χ3v) is 2.93. The van der Waals surface area contributed by atoms with Gasteiger partial charge in [-0.2, -0.15) is 0 Å². The van der Waals surface area contributed by atoms with Crippen LogP contribution in [0.2, 0.25) is 0 Å². The van der Waals surface area contributed by atoms with E-state index in [1.165, 1.54) is 7.11 Å². The molecular weight excluding hydrogens is 368 g/mol. The van der Waals surface area contributed by atoms with Crippen molar-refractivity contribution in [2.24, 2.45) is 0 Å². The molecule has 0 bridgehead atoms. The van der Waals surface area contributed by atoms with E-state index in [0.717, 1.165) is 6.08 Å². The molecule has 0 aromatic carbocycles. The van der Waals surface area contributed by atoms with E-state index in [1.54, 1.807) is 20.8 Å². The number of rotatable bonds is 9. The quantitative estimate of drug-likeness (QED) is 0.350.